The number of phosphoric ester groups is 1. The minimum atomic E-state index is -5.69. The molecule has 18 unspecified atom stereocenters. The van der Waals surface area contributed by atoms with Crippen molar-refractivity contribution in [2.75, 3.05) is 26.4 Å². The van der Waals surface area contributed by atoms with Crippen molar-refractivity contribution in [2.24, 2.45) is 0 Å². The molecule has 3 aliphatic rings. The molecule has 0 bridgehead atoms. The van der Waals surface area contributed by atoms with Crippen LogP contribution in [-0.4, -0.2) is 204 Å². The molecule has 18 atom stereocenters. The van der Waals surface area contributed by atoms with Gasteiger partial charge in [-0.05, 0) is 70.6 Å². The molecule has 1 aliphatic carbocycles. The van der Waals surface area contributed by atoms with E-state index in [0.29, 0.717) is 19.3 Å². The lowest BCUT2D eigenvalue weighted by Gasteiger charge is -2.49. The Hall–Kier alpha value is -2.56. The number of rotatable bonds is 56. The van der Waals surface area contributed by atoms with Crippen LogP contribution in [0, 0.1) is 0 Å². The molecular weight excluding hydrogens is 1260 g/mol. The van der Waals surface area contributed by atoms with E-state index in [1.165, 1.54) is 96.3 Å². The van der Waals surface area contributed by atoms with Crippen LogP contribution in [0.5, 0.6) is 0 Å². The third-order valence-electron chi connectivity index (χ3n) is 18.0. The quantitative estimate of drug-likeness (QED) is 0.00887. The molecule has 0 radical (unpaired) electrons. The molecule has 2 heterocycles. The first-order valence-electron chi connectivity index (χ1n) is 36.6. The van der Waals surface area contributed by atoms with E-state index < -0.39 is 156 Å². The summed E-state index contributed by atoms with van der Waals surface area (Å²) < 4.78 is 64.9. The summed E-state index contributed by atoms with van der Waals surface area (Å²) in [6.07, 6.45) is 11.2. The van der Waals surface area contributed by atoms with Crippen LogP contribution in [0.3, 0.4) is 0 Å². The average molecular weight is 1380 g/mol. The van der Waals surface area contributed by atoms with Crippen LogP contribution < -0.4 is 0 Å². The smallest absolute Gasteiger partial charge is 0.463 e. The van der Waals surface area contributed by atoms with Gasteiger partial charge in [-0.15, -0.1) is 0 Å². The minimum Gasteiger partial charge on any atom is -0.463 e. The number of hydrogen-bond donors (Lipinski definition) is 11. The van der Waals surface area contributed by atoms with Gasteiger partial charge in [0.1, 0.15) is 98.7 Å². The van der Waals surface area contributed by atoms with E-state index in [1.807, 2.05) is 0 Å². The Morgan fingerprint density at radius 3 is 1.16 bits per heavy atom. The Kier molecular flexibility index (Phi) is 47.8. The number of carbonyl (C=O) groups is 3. The van der Waals surface area contributed by atoms with E-state index in [1.54, 1.807) is 0 Å². The fourth-order valence-corrected chi connectivity index (χ4v) is 12.9. The summed E-state index contributed by atoms with van der Waals surface area (Å²) >= 11 is 0. The van der Waals surface area contributed by atoms with Gasteiger partial charge in [0.05, 0.1) is 13.2 Å². The van der Waals surface area contributed by atoms with Crippen molar-refractivity contribution in [1.82, 2.24) is 0 Å². The van der Waals surface area contributed by atoms with E-state index in [4.69, 9.17) is 42.2 Å². The summed E-state index contributed by atoms with van der Waals surface area (Å²) in [5.41, 5.74) is 0. The van der Waals surface area contributed by atoms with E-state index in [9.17, 15) is 74.9 Å². The molecule has 3 fully saturated rings. The largest absolute Gasteiger partial charge is 0.472 e. The molecule has 0 spiro atoms. The van der Waals surface area contributed by atoms with Crippen molar-refractivity contribution in [3.05, 3.63) is 24.3 Å². The van der Waals surface area contributed by atoms with E-state index in [-0.39, 0.29) is 19.3 Å². The highest BCUT2D eigenvalue weighted by Crippen LogP contribution is 2.49. The van der Waals surface area contributed by atoms with E-state index in [2.05, 4.69) is 45.1 Å². The van der Waals surface area contributed by atoms with Gasteiger partial charge in [-0.2, -0.15) is 0 Å². The number of hydrogen-bond acceptors (Lipinski definition) is 23. The van der Waals surface area contributed by atoms with Gasteiger partial charge >= 0.3 is 25.7 Å². The van der Waals surface area contributed by atoms with Gasteiger partial charge in [-0.25, -0.2) is 4.57 Å². The van der Waals surface area contributed by atoms with Crippen LogP contribution in [0.1, 0.15) is 271 Å². The Morgan fingerprint density at radius 1 is 0.400 bits per heavy atom. The van der Waals surface area contributed by atoms with Crippen molar-refractivity contribution in [3.8, 4) is 0 Å². The van der Waals surface area contributed by atoms with Crippen molar-refractivity contribution in [3.63, 3.8) is 0 Å². The van der Waals surface area contributed by atoms with E-state index in [0.717, 1.165) is 116 Å². The molecule has 0 aromatic carbocycles. The second kappa shape index (κ2) is 52.4. The molecule has 2 saturated heterocycles. The average Bonchev–Trinajstić information content (AvgIpc) is 0.764. The van der Waals surface area contributed by atoms with Crippen molar-refractivity contribution < 1.29 is 117 Å². The first-order valence-corrected chi connectivity index (χ1v) is 38.1. The number of aliphatic hydroxyl groups excluding tert-OH is 10. The van der Waals surface area contributed by atoms with Crippen molar-refractivity contribution in [1.29, 1.82) is 0 Å². The summed E-state index contributed by atoms with van der Waals surface area (Å²) in [6.45, 7) is 3.39. The Morgan fingerprint density at radius 2 is 0.737 bits per heavy atom. The molecule has 24 nitrogen and oxygen atoms in total. The predicted molar refractivity (Wildman–Crippen MR) is 356 cm³/mol. The normalized spacial score (nSPS) is 28.2. The zero-order valence-corrected chi connectivity index (χ0v) is 58.6. The fraction of sp³-hybridized carbons (Fsp3) is 0.900. The standard InChI is InChI=1S/C70H127O24P/c1-4-7-10-13-16-19-22-24-26-28-31-34-37-40-43-46-56(74)89-51(48-86-54(72)44-41-38-35-32-29-21-18-15-12-9-6-3)49-88-95(84,85)94-68-66(92-69-64(82)59(77)57(75)52(47-71)90-69)62(80)61(79)63(81)67(68)93-70-65(83)60(78)58(76)53(91-70)50-87-55(73)45-42-39-36-33-30-27-25-23-20-17-14-11-8-5-2/h19,22,27,30,51-53,57-71,75-83H,4-18,20-21,23-26,28-29,31-50H2,1-3H3,(H,84,85)/b22-19-,30-27-. The number of allylic oxidation sites excluding steroid dienone is 4. The van der Waals surface area contributed by atoms with Crippen LogP contribution in [0.15, 0.2) is 24.3 Å². The summed E-state index contributed by atoms with van der Waals surface area (Å²) in [4.78, 5) is 50.9. The van der Waals surface area contributed by atoms with Gasteiger partial charge in [0.25, 0.3) is 0 Å². The number of esters is 3. The maximum absolute atomic E-state index is 14.3. The highest BCUT2D eigenvalue weighted by atomic mass is 31.2. The molecule has 0 aromatic rings. The highest BCUT2D eigenvalue weighted by Gasteiger charge is 2.58. The lowest BCUT2D eigenvalue weighted by molar-refractivity contribution is -0.360. The van der Waals surface area contributed by atoms with Gasteiger partial charge in [-0.3, -0.25) is 23.4 Å². The first-order chi connectivity index (χ1) is 45.8. The Bertz CT molecular complexity index is 2070. The molecule has 95 heavy (non-hydrogen) atoms. The molecule has 2 aliphatic heterocycles. The SMILES string of the molecule is CCCCCC/C=C\CCCCCCCCCC(=O)OC(COC(=O)CCCCCCCCCCCCC)COP(=O)(O)OC1C(OC2OC(CO)C(O)C(O)C2O)C(O)C(O)C(O)C1OC1OC(COC(=O)CCCCC/C=C\CCCCCCCCC)C(O)C(O)C1O. The zero-order valence-electron chi connectivity index (χ0n) is 57.7. The van der Waals surface area contributed by atoms with Gasteiger partial charge in [-0.1, -0.05) is 206 Å². The number of carbonyl (C=O) groups excluding carboxylic acids is 3. The Balaban J connectivity index is 1.75. The van der Waals surface area contributed by atoms with Crippen molar-refractivity contribution >= 4 is 25.7 Å². The number of unbranched alkanes of at least 4 members (excludes halogenated alkanes) is 31. The second-order valence-electron chi connectivity index (χ2n) is 26.3. The molecule has 0 aromatic heterocycles. The summed E-state index contributed by atoms with van der Waals surface area (Å²) in [5, 5.41) is 110. The summed E-state index contributed by atoms with van der Waals surface area (Å²) in [5.74, 6) is -2.01. The molecule has 25 heteroatoms. The number of phosphoric acid groups is 1. The maximum atomic E-state index is 14.3. The monoisotopic (exact) mass is 1380 g/mol. The van der Waals surface area contributed by atoms with Gasteiger partial charge in [0.2, 0.25) is 0 Å². The third kappa shape index (κ3) is 36.1. The minimum absolute atomic E-state index is 0.00826. The van der Waals surface area contributed by atoms with Crippen LogP contribution in [-0.2, 0) is 61.2 Å². The molecular formula is C70H127O24P. The van der Waals surface area contributed by atoms with Crippen molar-refractivity contribution in [2.45, 2.75) is 375 Å². The molecule has 0 amide bonds. The van der Waals surface area contributed by atoms with Crippen LogP contribution in [0.2, 0.25) is 0 Å². The first kappa shape index (κ1) is 86.7. The van der Waals surface area contributed by atoms with Crippen LogP contribution in [0.4, 0.5) is 0 Å². The second-order valence-corrected chi connectivity index (χ2v) is 27.7. The maximum Gasteiger partial charge on any atom is 0.472 e. The van der Waals surface area contributed by atoms with Crippen LogP contribution >= 0.6 is 7.82 Å². The molecule has 556 valence electrons. The fourth-order valence-electron chi connectivity index (χ4n) is 11.9. The lowest BCUT2D eigenvalue weighted by Crippen LogP contribution is -2.69. The van der Waals surface area contributed by atoms with Gasteiger partial charge < -0.3 is 89.1 Å². The highest BCUT2D eigenvalue weighted by molar-refractivity contribution is 7.47. The topological polar surface area (TPSA) is 374 Å². The molecule has 1 saturated carbocycles. The van der Waals surface area contributed by atoms with Gasteiger partial charge in [0.15, 0.2) is 18.7 Å². The lowest BCUT2D eigenvalue weighted by atomic mass is 9.84. The third-order valence-corrected chi connectivity index (χ3v) is 18.9. The van der Waals surface area contributed by atoms with Gasteiger partial charge in [0, 0.05) is 19.3 Å². The molecule has 11 N–H and O–H groups in total. The van der Waals surface area contributed by atoms with E-state index >= 15 is 0 Å². The van der Waals surface area contributed by atoms with Crippen LogP contribution in [0.25, 0.3) is 0 Å². The Labute approximate surface area is 566 Å². The zero-order chi connectivity index (χ0) is 69.6. The predicted octanol–water partition coefficient (Wildman–Crippen LogP) is 9.35. The summed E-state index contributed by atoms with van der Waals surface area (Å²) in [6, 6.07) is 0. The molecule has 3 rings (SSSR count). The number of ether oxygens (including phenoxy) is 7. The summed E-state index contributed by atoms with van der Waals surface area (Å²) in [7, 11) is -5.69. The number of aliphatic hydroxyl groups is 10.